The van der Waals surface area contributed by atoms with E-state index in [9.17, 15) is 13.2 Å². The summed E-state index contributed by atoms with van der Waals surface area (Å²) in [6.45, 7) is 3.26. The van der Waals surface area contributed by atoms with Crippen LogP contribution in [0.1, 0.15) is 32.6 Å². The normalized spacial score (nSPS) is 13.2. The molecule has 1 atom stereocenters. The Labute approximate surface area is 118 Å². The first-order chi connectivity index (χ1) is 9.47. The number of halogens is 3. The van der Waals surface area contributed by atoms with Gasteiger partial charge in [0.05, 0.1) is 6.61 Å². The van der Waals surface area contributed by atoms with Crippen molar-refractivity contribution in [1.29, 1.82) is 0 Å². The molecular weight excluding hydrogens is 267 g/mol. The molecule has 0 heterocycles. The van der Waals surface area contributed by atoms with Gasteiger partial charge in [0.25, 0.3) is 0 Å². The monoisotopic (exact) mass is 289 g/mol. The van der Waals surface area contributed by atoms with E-state index in [4.69, 9.17) is 4.74 Å². The Morgan fingerprint density at radius 3 is 2.50 bits per heavy atom. The Morgan fingerprint density at radius 2 is 1.85 bits per heavy atom. The molecule has 20 heavy (non-hydrogen) atoms. The molecule has 0 saturated carbocycles. The molecule has 0 amide bonds. The lowest BCUT2D eigenvalue weighted by molar-refractivity contribution is -0.135. The Bertz CT molecular complexity index is 354. The molecule has 114 valence electrons. The van der Waals surface area contributed by atoms with Crippen molar-refractivity contribution in [3.63, 3.8) is 0 Å². The fourth-order valence-electron chi connectivity index (χ4n) is 1.84. The van der Waals surface area contributed by atoms with Crippen LogP contribution in [0.3, 0.4) is 0 Å². The van der Waals surface area contributed by atoms with Crippen LogP contribution in [0.5, 0.6) is 5.75 Å². The Morgan fingerprint density at radius 1 is 1.15 bits per heavy atom. The number of hydrogen-bond acceptors (Lipinski definition) is 2. The Balaban J connectivity index is 1.98. The number of benzene rings is 1. The largest absolute Gasteiger partial charge is 0.494 e. The topological polar surface area (TPSA) is 21.3 Å². The summed E-state index contributed by atoms with van der Waals surface area (Å²) < 4.78 is 41.5. The maximum atomic E-state index is 12.0. The van der Waals surface area contributed by atoms with Gasteiger partial charge in [-0.2, -0.15) is 13.2 Å². The zero-order valence-corrected chi connectivity index (χ0v) is 11.7. The van der Waals surface area contributed by atoms with Crippen LogP contribution in [0.4, 0.5) is 13.2 Å². The first kappa shape index (κ1) is 16.8. The van der Waals surface area contributed by atoms with Crippen molar-refractivity contribution >= 4 is 0 Å². The van der Waals surface area contributed by atoms with E-state index in [0.29, 0.717) is 13.0 Å². The minimum Gasteiger partial charge on any atom is -0.494 e. The number of para-hydroxylation sites is 1. The minimum absolute atomic E-state index is 0.106. The smallest absolute Gasteiger partial charge is 0.389 e. The zero-order chi connectivity index (χ0) is 14.8. The number of hydrogen-bond donors (Lipinski definition) is 1. The molecule has 0 radical (unpaired) electrons. The highest BCUT2D eigenvalue weighted by atomic mass is 19.4. The molecule has 0 fully saturated rings. The van der Waals surface area contributed by atoms with Crippen molar-refractivity contribution in [3.05, 3.63) is 30.3 Å². The molecule has 0 aromatic heterocycles. The van der Waals surface area contributed by atoms with Crippen LogP contribution in [-0.4, -0.2) is 25.4 Å². The first-order valence-electron chi connectivity index (χ1n) is 6.95. The lowest BCUT2D eigenvalue weighted by Crippen LogP contribution is -2.28. The van der Waals surface area contributed by atoms with Crippen LogP contribution >= 0.6 is 0 Å². The quantitative estimate of drug-likeness (QED) is 0.689. The molecule has 1 aromatic rings. The second-order valence-corrected chi connectivity index (χ2v) is 4.88. The lowest BCUT2D eigenvalue weighted by Gasteiger charge is -2.14. The van der Waals surface area contributed by atoms with Crippen LogP contribution < -0.4 is 10.1 Å². The highest BCUT2D eigenvalue weighted by Crippen LogP contribution is 2.22. The standard InChI is InChI=1S/C15H22F3NO/c1-13(7-5-10-15(16,17)18)19-11-6-12-20-14-8-3-2-4-9-14/h2-4,8-9,13,19H,5-7,10-12H2,1H3. The van der Waals surface area contributed by atoms with Gasteiger partial charge in [-0.1, -0.05) is 18.2 Å². The van der Waals surface area contributed by atoms with E-state index in [2.05, 4.69) is 5.32 Å². The molecule has 0 saturated heterocycles. The summed E-state index contributed by atoms with van der Waals surface area (Å²) in [5.74, 6) is 0.839. The minimum atomic E-state index is -4.04. The summed E-state index contributed by atoms with van der Waals surface area (Å²) in [5, 5.41) is 3.21. The molecule has 5 heteroatoms. The van der Waals surface area contributed by atoms with Crippen molar-refractivity contribution in [2.75, 3.05) is 13.2 Å². The maximum absolute atomic E-state index is 12.0. The third kappa shape index (κ3) is 8.80. The predicted molar refractivity (Wildman–Crippen MR) is 73.9 cm³/mol. The highest BCUT2D eigenvalue weighted by Gasteiger charge is 2.26. The zero-order valence-electron chi connectivity index (χ0n) is 11.7. The summed E-state index contributed by atoms with van der Waals surface area (Å²) in [4.78, 5) is 0. The SMILES string of the molecule is CC(CCCC(F)(F)F)NCCCOc1ccccc1. The molecule has 0 aliphatic heterocycles. The van der Waals surface area contributed by atoms with Gasteiger partial charge in [0.15, 0.2) is 0 Å². The van der Waals surface area contributed by atoms with Gasteiger partial charge in [-0.15, -0.1) is 0 Å². The Hall–Kier alpha value is -1.23. The van der Waals surface area contributed by atoms with E-state index in [1.807, 2.05) is 37.3 Å². The molecule has 0 bridgehead atoms. The summed E-state index contributed by atoms with van der Waals surface area (Å²) >= 11 is 0. The van der Waals surface area contributed by atoms with E-state index >= 15 is 0 Å². The van der Waals surface area contributed by atoms with Crippen LogP contribution in [-0.2, 0) is 0 Å². The van der Waals surface area contributed by atoms with E-state index in [1.165, 1.54) is 0 Å². The van der Waals surface area contributed by atoms with Crippen LogP contribution in [0.15, 0.2) is 30.3 Å². The Kier molecular flexibility index (Phi) is 7.44. The maximum Gasteiger partial charge on any atom is 0.389 e. The number of alkyl halides is 3. The van der Waals surface area contributed by atoms with Gasteiger partial charge in [0, 0.05) is 12.5 Å². The molecule has 0 spiro atoms. The summed E-state index contributed by atoms with van der Waals surface area (Å²) in [7, 11) is 0. The first-order valence-corrected chi connectivity index (χ1v) is 6.95. The molecule has 0 aliphatic carbocycles. The molecule has 0 aliphatic rings. The average molecular weight is 289 g/mol. The van der Waals surface area contributed by atoms with Crippen LogP contribution in [0.2, 0.25) is 0 Å². The second kappa shape index (κ2) is 8.84. The van der Waals surface area contributed by atoms with Crippen LogP contribution in [0.25, 0.3) is 0 Å². The van der Waals surface area contributed by atoms with Crippen LogP contribution in [0, 0.1) is 0 Å². The van der Waals surface area contributed by atoms with Crippen molar-refractivity contribution in [2.24, 2.45) is 0 Å². The fourth-order valence-corrected chi connectivity index (χ4v) is 1.84. The number of nitrogens with one attached hydrogen (secondary N) is 1. The van der Waals surface area contributed by atoms with Gasteiger partial charge >= 0.3 is 6.18 Å². The lowest BCUT2D eigenvalue weighted by atomic mass is 10.1. The highest BCUT2D eigenvalue weighted by molar-refractivity contribution is 5.20. The van der Waals surface area contributed by atoms with Gasteiger partial charge in [-0.25, -0.2) is 0 Å². The molecule has 1 rings (SSSR count). The molecule has 2 nitrogen and oxygen atoms in total. The molecule has 1 N–H and O–H groups in total. The summed E-state index contributed by atoms with van der Waals surface area (Å²) in [5.41, 5.74) is 0. The molecule has 1 aromatic carbocycles. The van der Waals surface area contributed by atoms with Crippen molar-refractivity contribution in [1.82, 2.24) is 5.32 Å². The number of ether oxygens (including phenoxy) is 1. The third-order valence-electron chi connectivity index (χ3n) is 2.92. The summed E-state index contributed by atoms with van der Waals surface area (Å²) in [6.07, 6.45) is -3.19. The van der Waals surface area contributed by atoms with Gasteiger partial charge in [-0.05, 0) is 44.9 Å². The van der Waals surface area contributed by atoms with Crippen molar-refractivity contribution in [2.45, 2.75) is 44.8 Å². The predicted octanol–water partition coefficient (Wildman–Crippen LogP) is 4.17. The van der Waals surface area contributed by atoms with E-state index in [-0.39, 0.29) is 12.5 Å². The van der Waals surface area contributed by atoms with Gasteiger partial charge in [-0.3, -0.25) is 0 Å². The van der Waals surface area contributed by atoms with Crippen molar-refractivity contribution in [3.8, 4) is 5.75 Å². The number of rotatable bonds is 9. The van der Waals surface area contributed by atoms with Crippen molar-refractivity contribution < 1.29 is 17.9 Å². The van der Waals surface area contributed by atoms with Gasteiger partial charge < -0.3 is 10.1 Å². The summed E-state index contributed by atoms with van der Waals surface area (Å²) in [6, 6.07) is 9.65. The molecular formula is C15H22F3NO. The average Bonchev–Trinajstić information content (AvgIpc) is 2.38. The van der Waals surface area contributed by atoms with Gasteiger partial charge in [0.1, 0.15) is 5.75 Å². The fraction of sp³-hybridized carbons (Fsp3) is 0.600. The molecule has 1 unspecified atom stereocenters. The second-order valence-electron chi connectivity index (χ2n) is 4.88. The third-order valence-corrected chi connectivity index (χ3v) is 2.92. The van der Waals surface area contributed by atoms with E-state index in [1.54, 1.807) is 0 Å². The van der Waals surface area contributed by atoms with E-state index < -0.39 is 12.6 Å². The van der Waals surface area contributed by atoms with E-state index in [0.717, 1.165) is 18.7 Å². The van der Waals surface area contributed by atoms with Gasteiger partial charge in [0.2, 0.25) is 0 Å².